The summed E-state index contributed by atoms with van der Waals surface area (Å²) in [7, 11) is -0.618. The zero-order chi connectivity index (χ0) is 22.3. The van der Waals surface area contributed by atoms with E-state index < -0.39 is 15.9 Å². The molecule has 31 heavy (non-hydrogen) atoms. The van der Waals surface area contributed by atoms with Gasteiger partial charge >= 0.3 is 0 Å². The molecular weight excluding hydrogens is 418 g/mol. The van der Waals surface area contributed by atoms with Crippen LogP contribution in [0.25, 0.3) is 0 Å². The predicted molar refractivity (Wildman–Crippen MR) is 118 cm³/mol. The summed E-state index contributed by atoms with van der Waals surface area (Å²) in [5, 5.41) is 3.94. The van der Waals surface area contributed by atoms with Crippen molar-refractivity contribution in [2.45, 2.75) is 4.90 Å². The van der Waals surface area contributed by atoms with E-state index in [2.05, 4.69) is 15.2 Å². The molecule has 3 rings (SSSR count). The van der Waals surface area contributed by atoms with E-state index >= 15 is 0 Å². The molecule has 2 N–H and O–H groups in total. The number of rotatable bonds is 8. The molecule has 0 bridgehead atoms. The largest absolute Gasteiger partial charge is 0.493 e. The van der Waals surface area contributed by atoms with Gasteiger partial charge in [0.15, 0.2) is 11.5 Å². The van der Waals surface area contributed by atoms with E-state index in [9.17, 15) is 13.2 Å². The summed E-state index contributed by atoms with van der Waals surface area (Å²) < 4.78 is 37.6. The number of anilines is 1. The number of nitrogens with zero attached hydrogens (tertiary/aromatic N) is 1. The molecule has 0 aliphatic carbocycles. The Kier molecular flexibility index (Phi) is 6.88. The molecule has 0 atom stereocenters. The molecule has 0 radical (unpaired) electrons. The van der Waals surface area contributed by atoms with Gasteiger partial charge in [0.1, 0.15) is 0 Å². The SMILES string of the molecule is COc1ccc(C=NNC(=O)c2ccc(NS(=O)(=O)c3ccccc3)cc2)cc1OC. The third kappa shape index (κ3) is 5.61. The normalized spacial score (nSPS) is 11.2. The molecule has 8 nitrogen and oxygen atoms in total. The monoisotopic (exact) mass is 439 g/mol. The van der Waals surface area contributed by atoms with E-state index in [-0.39, 0.29) is 4.90 Å². The van der Waals surface area contributed by atoms with Crippen LogP contribution in [0.3, 0.4) is 0 Å². The molecule has 0 aliphatic heterocycles. The number of ether oxygens (including phenoxy) is 2. The van der Waals surface area contributed by atoms with E-state index in [0.717, 1.165) is 0 Å². The number of benzene rings is 3. The molecule has 160 valence electrons. The van der Waals surface area contributed by atoms with Crippen LogP contribution in [0.1, 0.15) is 15.9 Å². The van der Waals surface area contributed by atoms with Crippen LogP contribution in [-0.2, 0) is 10.0 Å². The van der Waals surface area contributed by atoms with E-state index in [1.54, 1.807) is 43.5 Å². The van der Waals surface area contributed by atoms with Gasteiger partial charge in [0.25, 0.3) is 15.9 Å². The number of hydrazone groups is 1. The van der Waals surface area contributed by atoms with Crippen LogP contribution < -0.4 is 19.6 Å². The Morgan fingerprint density at radius 3 is 2.23 bits per heavy atom. The van der Waals surface area contributed by atoms with Gasteiger partial charge in [-0.3, -0.25) is 9.52 Å². The fraction of sp³-hybridized carbons (Fsp3) is 0.0909. The van der Waals surface area contributed by atoms with Gasteiger partial charge in [-0.05, 0) is 60.2 Å². The van der Waals surface area contributed by atoms with Crippen molar-refractivity contribution in [1.29, 1.82) is 0 Å². The standard InChI is InChI=1S/C22H21N3O5S/c1-29-20-13-8-16(14-21(20)30-2)15-23-24-22(26)17-9-11-18(12-10-17)25-31(27,28)19-6-4-3-5-7-19/h3-15,25H,1-2H3,(H,24,26). The summed E-state index contributed by atoms with van der Waals surface area (Å²) in [6, 6.07) is 19.3. The second kappa shape index (κ2) is 9.77. The molecule has 0 fully saturated rings. The molecule has 0 saturated carbocycles. The summed E-state index contributed by atoms with van der Waals surface area (Å²) in [4.78, 5) is 12.4. The van der Waals surface area contributed by atoms with Crippen molar-refractivity contribution in [3.63, 3.8) is 0 Å². The van der Waals surface area contributed by atoms with E-state index in [0.29, 0.717) is 28.3 Å². The van der Waals surface area contributed by atoms with Crippen molar-refractivity contribution in [2.75, 3.05) is 18.9 Å². The average molecular weight is 439 g/mol. The minimum absolute atomic E-state index is 0.154. The van der Waals surface area contributed by atoms with Crippen LogP contribution >= 0.6 is 0 Å². The van der Waals surface area contributed by atoms with Gasteiger partial charge in [-0.1, -0.05) is 18.2 Å². The van der Waals surface area contributed by atoms with E-state index in [1.807, 2.05) is 0 Å². The highest BCUT2D eigenvalue weighted by Crippen LogP contribution is 2.26. The van der Waals surface area contributed by atoms with Crippen molar-refractivity contribution in [3.8, 4) is 11.5 Å². The van der Waals surface area contributed by atoms with E-state index in [1.165, 1.54) is 49.7 Å². The number of carbonyl (C=O) groups excluding carboxylic acids is 1. The quantitative estimate of drug-likeness (QED) is 0.414. The van der Waals surface area contributed by atoms with Crippen molar-refractivity contribution in [1.82, 2.24) is 5.43 Å². The number of amides is 1. The predicted octanol–water partition coefficient (Wildman–Crippen LogP) is 3.27. The van der Waals surface area contributed by atoms with Gasteiger partial charge in [-0.2, -0.15) is 5.10 Å². The number of methoxy groups -OCH3 is 2. The smallest absolute Gasteiger partial charge is 0.271 e. The molecule has 0 spiro atoms. The van der Waals surface area contributed by atoms with Crippen molar-refractivity contribution < 1.29 is 22.7 Å². The lowest BCUT2D eigenvalue weighted by atomic mass is 10.2. The number of hydrogen-bond donors (Lipinski definition) is 2. The Morgan fingerprint density at radius 1 is 0.903 bits per heavy atom. The van der Waals surface area contributed by atoms with Crippen molar-refractivity contribution in [3.05, 3.63) is 83.9 Å². The fourth-order valence-electron chi connectivity index (χ4n) is 2.67. The first-order valence-corrected chi connectivity index (χ1v) is 10.6. The molecule has 3 aromatic rings. The molecule has 1 amide bonds. The maximum atomic E-state index is 12.4. The van der Waals surface area contributed by atoms with Gasteiger partial charge in [-0.25, -0.2) is 13.8 Å². The Balaban J connectivity index is 1.62. The summed E-state index contributed by atoms with van der Waals surface area (Å²) in [5.41, 5.74) is 3.81. The van der Waals surface area contributed by atoms with Crippen LogP contribution in [0.2, 0.25) is 0 Å². The first-order valence-electron chi connectivity index (χ1n) is 9.16. The third-order valence-corrected chi connectivity index (χ3v) is 5.64. The molecule has 0 aromatic heterocycles. The summed E-state index contributed by atoms with van der Waals surface area (Å²) in [6.07, 6.45) is 1.47. The number of nitrogens with one attached hydrogen (secondary N) is 2. The lowest BCUT2D eigenvalue weighted by molar-refractivity contribution is 0.0955. The fourth-order valence-corrected chi connectivity index (χ4v) is 3.75. The molecule has 9 heteroatoms. The van der Waals surface area contributed by atoms with Gasteiger partial charge in [0, 0.05) is 11.3 Å². The number of sulfonamides is 1. The zero-order valence-corrected chi connectivity index (χ0v) is 17.7. The maximum absolute atomic E-state index is 12.4. The lowest BCUT2D eigenvalue weighted by Crippen LogP contribution is -2.18. The number of hydrogen-bond acceptors (Lipinski definition) is 6. The molecular formula is C22H21N3O5S. The van der Waals surface area contributed by atoms with E-state index in [4.69, 9.17) is 9.47 Å². The van der Waals surface area contributed by atoms with Gasteiger partial charge < -0.3 is 9.47 Å². The van der Waals surface area contributed by atoms with Gasteiger partial charge in [-0.15, -0.1) is 0 Å². The molecule has 3 aromatic carbocycles. The first-order chi connectivity index (χ1) is 14.9. The summed E-state index contributed by atoms with van der Waals surface area (Å²) in [5.74, 6) is 0.701. The molecule has 0 aliphatic rings. The topological polar surface area (TPSA) is 106 Å². The highest BCUT2D eigenvalue weighted by Gasteiger charge is 2.13. The maximum Gasteiger partial charge on any atom is 0.271 e. The zero-order valence-electron chi connectivity index (χ0n) is 16.9. The molecule has 0 unspecified atom stereocenters. The van der Waals surface area contributed by atoms with Crippen LogP contribution in [0.15, 0.2) is 82.8 Å². The second-order valence-electron chi connectivity index (χ2n) is 6.31. The molecule has 0 saturated heterocycles. The molecule has 0 heterocycles. The Morgan fingerprint density at radius 2 is 1.58 bits per heavy atom. The minimum Gasteiger partial charge on any atom is -0.493 e. The highest BCUT2D eigenvalue weighted by atomic mass is 32.2. The van der Waals surface area contributed by atoms with Crippen LogP contribution in [0, 0.1) is 0 Å². The Bertz CT molecular complexity index is 1180. The number of carbonyl (C=O) groups is 1. The third-order valence-electron chi connectivity index (χ3n) is 4.24. The second-order valence-corrected chi connectivity index (χ2v) is 7.99. The van der Waals surface area contributed by atoms with Gasteiger partial charge in [0.05, 0.1) is 25.3 Å². The minimum atomic E-state index is -3.70. The van der Waals surface area contributed by atoms with Crippen molar-refractivity contribution in [2.24, 2.45) is 5.10 Å². The lowest BCUT2D eigenvalue weighted by Gasteiger charge is -2.08. The van der Waals surface area contributed by atoms with Crippen LogP contribution in [0.5, 0.6) is 11.5 Å². The Hall–Kier alpha value is -3.85. The highest BCUT2D eigenvalue weighted by molar-refractivity contribution is 7.92. The summed E-state index contributed by atoms with van der Waals surface area (Å²) in [6.45, 7) is 0. The van der Waals surface area contributed by atoms with Crippen LogP contribution in [0.4, 0.5) is 5.69 Å². The van der Waals surface area contributed by atoms with Gasteiger partial charge in [0.2, 0.25) is 0 Å². The Labute approximate surface area is 180 Å². The first kappa shape index (κ1) is 21.8. The average Bonchev–Trinajstić information content (AvgIpc) is 2.79. The summed E-state index contributed by atoms with van der Waals surface area (Å²) >= 11 is 0. The van der Waals surface area contributed by atoms with Crippen molar-refractivity contribution >= 4 is 27.8 Å². The van der Waals surface area contributed by atoms with Crippen LogP contribution in [-0.4, -0.2) is 34.8 Å².